The Labute approximate surface area is 99.4 Å². The normalized spacial score (nSPS) is 12.4. The molecule has 0 aliphatic carbocycles. The second-order valence-electron chi connectivity index (χ2n) is 3.45. The summed E-state index contributed by atoms with van der Waals surface area (Å²) in [6, 6.07) is 5.43. The molecule has 1 atom stereocenters. The largest absolute Gasteiger partial charge is 0.384 e. The Morgan fingerprint density at radius 1 is 1.19 bits per heavy atom. The van der Waals surface area contributed by atoms with Gasteiger partial charge in [0, 0.05) is 5.25 Å². The summed E-state index contributed by atoms with van der Waals surface area (Å²) in [7, 11) is 0. The summed E-state index contributed by atoms with van der Waals surface area (Å²) in [6.45, 7) is 1.95. The standard InChI is InChI=1S/C11H12N4S/c1-7(16)9-5-14-10(6-13-9)8-3-2-4-11(12)15-8/h2-7,16H,1H3,(H2,12,15). The van der Waals surface area contributed by atoms with Gasteiger partial charge in [-0.3, -0.25) is 9.97 Å². The van der Waals surface area contributed by atoms with Gasteiger partial charge in [-0.1, -0.05) is 6.07 Å². The molecule has 2 aromatic heterocycles. The molecule has 0 radical (unpaired) electrons. The fourth-order valence-corrected chi connectivity index (χ4v) is 1.41. The number of nitrogen functional groups attached to an aromatic ring is 1. The van der Waals surface area contributed by atoms with E-state index in [0.717, 1.165) is 11.4 Å². The van der Waals surface area contributed by atoms with Gasteiger partial charge in [0.2, 0.25) is 0 Å². The maximum atomic E-state index is 5.60. The van der Waals surface area contributed by atoms with Crippen LogP contribution in [0.1, 0.15) is 17.9 Å². The zero-order chi connectivity index (χ0) is 11.5. The quantitative estimate of drug-likeness (QED) is 0.778. The van der Waals surface area contributed by atoms with Gasteiger partial charge >= 0.3 is 0 Å². The van der Waals surface area contributed by atoms with Crippen LogP contribution < -0.4 is 5.73 Å². The Kier molecular flexibility index (Phi) is 3.05. The summed E-state index contributed by atoms with van der Waals surface area (Å²) < 4.78 is 0. The van der Waals surface area contributed by atoms with Gasteiger partial charge in [-0.2, -0.15) is 12.6 Å². The Balaban J connectivity index is 2.35. The number of nitrogens with zero attached hydrogens (tertiary/aromatic N) is 3. The van der Waals surface area contributed by atoms with Crippen LogP contribution in [0, 0.1) is 0 Å². The molecule has 0 amide bonds. The van der Waals surface area contributed by atoms with Crippen molar-refractivity contribution in [3.8, 4) is 11.4 Å². The molecule has 2 rings (SSSR count). The maximum absolute atomic E-state index is 5.60. The average Bonchev–Trinajstić information content (AvgIpc) is 2.29. The number of rotatable bonds is 2. The number of hydrogen-bond acceptors (Lipinski definition) is 5. The van der Waals surface area contributed by atoms with Gasteiger partial charge in [-0.25, -0.2) is 4.98 Å². The van der Waals surface area contributed by atoms with Crippen molar-refractivity contribution in [1.29, 1.82) is 0 Å². The number of nitrogens with two attached hydrogens (primary N) is 1. The van der Waals surface area contributed by atoms with Gasteiger partial charge in [0.25, 0.3) is 0 Å². The summed E-state index contributed by atoms with van der Waals surface area (Å²) in [5.74, 6) is 0.478. The van der Waals surface area contributed by atoms with E-state index in [1.54, 1.807) is 18.5 Å². The third-order valence-electron chi connectivity index (χ3n) is 2.13. The molecule has 16 heavy (non-hydrogen) atoms. The van der Waals surface area contributed by atoms with Crippen molar-refractivity contribution in [3.63, 3.8) is 0 Å². The molecule has 2 N–H and O–H groups in total. The van der Waals surface area contributed by atoms with Crippen molar-refractivity contribution >= 4 is 18.4 Å². The van der Waals surface area contributed by atoms with E-state index >= 15 is 0 Å². The predicted octanol–water partition coefficient (Wildman–Crippen LogP) is 2.11. The van der Waals surface area contributed by atoms with Gasteiger partial charge in [-0.05, 0) is 19.1 Å². The molecular weight excluding hydrogens is 220 g/mol. The fourth-order valence-electron chi connectivity index (χ4n) is 1.28. The van der Waals surface area contributed by atoms with Crippen LogP contribution in [0.2, 0.25) is 0 Å². The van der Waals surface area contributed by atoms with Crippen LogP contribution in [-0.2, 0) is 0 Å². The Hall–Kier alpha value is -1.62. The molecule has 2 aromatic rings. The molecule has 0 aromatic carbocycles. The molecule has 2 heterocycles. The number of aromatic nitrogens is 3. The lowest BCUT2D eigenvalue weighted by Crippen LogP contribution is -1.96. The minimum atomic E-state index is 0.0790. The van der Waals surface area contributed by atoms with Gasteiger partial charge in [-0.15, -0.1) is 0 Å². The average molecular weight is 232 g/mol. The van der Waals surface area contributed by atoms with E-state index < -0.39 is 0 Å². The number of pyridine rings is 1. The van der Waals surface area contributed by atoms with Crippen LogP contribution in [0.15, 0.2) is 30.6 Å². The van der Waals surface area contributed by atoms with Crippen LogP contribution in [0.4, 0.5) is 5.82 Å². The topological polar surface area (TPSA) is 64.7 Å². The van der Waals surface area contributed by atoms with Crippen molar-refractivity contribution in [3.05, 3.63) is 36.3 Å². The lowest BCUT2D eigenvalue weighted by Gasteiger charge is -2.04. The first-order valence-corrected chi connectivity index (χ1v) is 5.41. The molecule has 0 saturated carbocycles. The van der Waals surface area contributed by atoms with Crippen molar-refractivity contribution in [2.24, 2.45) is 0 Å². The highest BCUT2D eigenvalue weighted by molar-refractivity contribution is 7.80. The second kappa shape index (κ2) is 4.49. The summed E-state index contributed by atoms with van der Waals surface area (Å²) >= 11 is 4.29. The van der Waals surface area contributed by atoms with E-state index in [2.05, 4.69) is 27.6 Å². The maximum Gasteiger partial charge on any atom is 0.124 e. The molecule has 0 aliphatic heterocycles. The zero-order valence-corrected chi connectivity index (χ0v) is 9.72. The Bertz CT molecular complexity index is 482. The summed E-state index contributed by atoms with van der Waals surface area (Å²) in [5.41, 5.74) is 7.89. The Morgan fingerprint density at radius 2 is 2.00 bits per heavy atom. The first-order chi connectivity index (χ1) is 7.66. The summed E-state index contributed by atoms with van der Waals surface area (Å²) in [4.78, 5) is 12.7. The number of hydrogen-bond donors (Lipinski definition) is 2. The molecule has 0 bridgehead atoms. The third-order valence-corrected chi connectivity index (χ3v) is 2.40. The smallest absolute Gasteiger partial charge is 0.124 e. The molecule has 0 fully saturated rings. The molecule has 1 unspecified atom stereocenters. The lowest BCUT2D eigenvalue weighted by atomic mass is 10.2. The van der Waals surface area contributed by atoms with Gasteiger partial charge in [0.1, 0.15) is 11.5 Å². The third kappa shape index (κ3) is 2.30. The van der Waals surface area contributed by atoms with Crippen molar-refractivity contribution in [1.82, 2.24) is 15.0 Å². The van der Waals surface area contributed by atoms with Gasteiger partial charge in [0.15, 0.2) is 0 Å². The molecule has 0 saturated heterocycles. The molecule has 0 spiro atoms. The fraction of sp³-hybridized carbons (Fsp3) is 0.182. The molecular formula is C11H12N4S. The van der Waals surface area contributed by atoms with Crippen LogP contribution in [0.3, 0.4) is 0 Å². The second-order valence-corrected chi connectivity index (χ2v) is 4.22. The van der Waals surface area contributed by atoms with E-state index in [0.29, 0.717) is 11.5 Å². The first kappa shape index (κ1) is 10.9. The molecule has 5 heteroatoms. The first-order valence-electron chi connectivity index (χ1n) is 4.90. The number of thiol groups is 1. The van der Waals surface area contributed by atoms with Gasteiger partial charge < -0.3 is 5.73 Å². The minimum absolute atomic E-state index is 0.0790. The van der Waals surface area contributed by atoms with E-state index in [1.807, 2.05) is 19.1 Å². The van der Waals surface area contributed by atoms with Crippen molar-refractivity contribution in [2.45, 2.75) is 12.2 Å². The van der Waals surface area contributed by atoms with E-state index in [9.17, 15) is 0 Å². The van der Waals surface area contributed by atoms with Crippen LogP contribution >= 0.6 is 12.6 Å². The van der Waals surface area contributed by atoms with Crippen molar-refractivity contribution < 1.29 is 0 Å². The van der Waals surface area contributed by atoms with E-state index in [4.69, 9.17) is 5.73 Å². The molecule has 0 aliphatic rings. The van der Waals surface area contributed by atoms with Crippen LogP contribution in [0.5, 0.6) is 0 Å². The molecule has 82 valence electrons. The number of anilines is 1. The highest BCUT2D eigenvalue weighted by Gasteiger charge is 2.05. The SMILES string of the molecule is CC(S)c1cnc(-c2cccc(N)n2)cn1. The lowest BCUT2D eigenvalue weighted by molar-refractivity contribution is 0.983. The summed E-state index contributed by atoms with van der Waals surface area (Å²) in [5, 5.41) is 0.0790. The van der Waals surface area contributed by atoms with Crippen LogP contribution in [-0.4, -0.2) is 15.0 Å². The van der Waals surface area contributed by atoms with E-state index in [-0.39, 0.29) is 5.25 Å². The van der Waals surface area contributed by atoms with E-state index in [1.165, 1.54) is 0 Å². The van der Waals surface area contributed by atoms with Crippen LogP contribution in [0.25, 0.3) is 11.4 Å². The molecule has 4 nitrogen and oxygen atoms in total. The zero-order valence-electron chi connectivity index (χ0n) is 8.83. The highest BCUT2D eigenvalue weighted by atomic mass is 32.1. The minimum Gasteiger partial charge on any atom is -0.384 e. The van der Waals surface area contributed by atoms with Gasteiger partial charge in [0.05, 0.1) is 23.8 Å². The highest BCUT2D eigenvalue weighted by Crippen LogP contribution is 2.18. The Morgan fingerprint density at radius 3 is 2.56 bits per heavy atom. The monoisotopic (exact) mass is 232 g/mol. The van der Waals surface area contributed by atoms with Crippen molar-refractivity contribution in [2.75, 3.05) is 5.73 Å². The predicted molar refractivity (Wildman–Crippen MR) is 67.1 cm³/mol. The summed E-state index contributed by atoms with van der Waals surface area (Å²) in [6.07, 6.45) is 3.39.